The summed E-state index contributed by atoms with van der Waals surface area (Å²) in [5.41, 5.74) is 1.05. The Balaban J connectivity index is 2.13. The van der Waals surface area contributed by atoms with E-state index in [1.807, 2.05) is 12.1 Å². The number of fused-ring (bicyclic) bond motifs is 1. The summed E-state index contributed by atoms with van der Waals surface area (Å²) in [6, 6.07) is 8.16. The van der Waals surface area contributed by atoms with Crippen molar-refractivity contribution < 1.29 is 0 Å². The van der Waals surface area contributed by atoms with Gasteiger partial charge in [0.05, 0.1) is 5.52 Å². The molecule has 1 aromatic carbocycles. The molecular weight excluding hydrogens is 264 g/mol. The second-order valence-corrected chi connectivity index (χ2v) is 5.12. The Morgan fingerprint density at radius 3 is 2.62 bits per heavy atom. The molecule has 0 saturated heterocycles. The molecule has 3 rings (SSSR count). The highest BCUT2D eigenvalue weighted by atomic mass is 79.9. The zero-order chi connectivity index (χ0) is 11.0. The molecule has 0 aliphatic heterocycles. The Bertz CT molecular complexity index is 518. The maximum absolute atomic E-state index is 4.68. The summed E-state index contributed by atoms with van der Waals surface area (Å²) in [5.74, 6) is 1.59. The van der Waals surface area contributed by atoms with E-state index < -0.39 is 0 Å². The van der Waals surface area contributed by atoms with Crippen molar-refractivity contribution in [2.45, 2.75) is 31.6 Å². The lowest BCUT2D eigenvalue weighted by molar-refractivity contribution is 0.670. The molecule has 1 saturated carbocycles. The minimum atomic E-state index is 0.570. The molecule has 2 aromatic rings. The highest BCUT2D eigenvalue weighted by Gasteiger charge is 2.20. The van der Waals surface area contributed by atoms with Gasteiger partial charge in [-0.3, -0.25) is 0 Å². The van der Waals surface area contributed by atoms with Crippen LogP contribution in [0.3, 0.4) is 0 Å². The number of benzene rings is 1. The third-order valence-corrected chi connectivity index (χ3v) is 3.90. The second-order valence-electron chi connectivity index (χ2n) is 4.37. The van der Waals surface area contributed by atoms with Crippen LogP contribution in [0.15, 0.2) is 28.9 Å². The molecule has 82 valence electrons. The van der Waals surface area contributed by atoms with Gasteiger partial charge in [-0.1, -0.05) is 31.0 Å². The highest BCUT2D eigenvalue weighted by Crippen LogP contribution is 2.33. The molecule has 1 aromatic heterocycles. The van der Waals surface area contributed by atoms with Crippen molar-refractivity contribution in [1.82, 2.24) is 9.97 Å². The molecule has 0 unspecified atom stereocenters. The van der Waals surface area contributed by atoms with Crippen molar-refractivity contribution in [3.63, 3.8) is 0 Å². The van der Waals surface area contributed by atoms with Gasteiger partial charge >= 0.3 is 0 Å². The van der Waals surface area contributed by atoms with E-state index in [2.05, 4.69) is 38.0 Å². The van der Waals surface area contributed by atoms with Crippen molar-refractivity contribution in [2.75, 3.05) is 0 Å². The smallest absolute Gasteiger partial charge is 0.133 e. The Labute approximate surface area is 103 Å². The van der Waals surface area contributed by atoms with E-state index in [9.17, 15) is 0 Å². The van der Waals surface area contributed by atoms with Crippen LogP contribution in [0.25, 0.3) is 10.9 Å². The van der Waals surface area contributed by atoms with E-state index >= 15 is 0 Å². The summed E-state index contributed by atoms with van der Waals surface area (Å²) in [7, 11) is 0. The van der Waals surface area contributed by atoms with Gasteiger partial charge in [-0.05, 0) is 34.8 Å². The van der Waals surface area contributed by atoms with Gasteiger partial charge in [0, 0.05) is 11.3 Å². The summed E-state index contributed by atoms with van der Waals surface area (Å²) in [6.45, 7) is 0. The molecule has 16 heavy (non-hydrogen) atoms. The number of para-hydroxylation sites is 1. The average molecular weight is 277 g/mol. The van der Waals surface area contributed by atoms with Gasteiger partial charge in [-0.15, -0.1) is 0 Å². The second kappa shape index (κ2) is 4.13. The summed E-state index contributed by atoms with van der Waals surface area (Å²) >= 11 is 3.54. The summed E-state index contributed by atoms with van der Waals surface area (Å²) < 4.78 is 0.931. The van der Waals surface area contributed by atoms with Crippen LogP contribution >= 0.6 is 15.9 Å². The number of hydrogen-bond donors (Lipinski definition) is 0. The lowest BCUT2D eigenvalue weighted by atomic mass is 10.1. The van der Waals surface area contributed by atoms with Crippen LogP contribution in [0.5, 0.6) is 0 Å². The van der Waals surface area contributed by atoms with Crippen LogP contribution in [0, 0.1) is 0 Å². The van der Waals surface area contributed by atoms with Crippen LogP contribution in [-0.2, 0) is 0 Å². The van der Waals surface area contributed by atoms with Crippen LogP contribution < -0.4 is 0 Å². The third-order valence-electron chi connectivity index (χ3n) is 3.29. The van der Waals surface area contributed by atoms with E-state index in [-0.39, 0.29) is 0 Å². The molecule has 1 fully saturated rings. The first-order valence-corrected chi connectivity index (χ1v) is 6.56. The molecular formula is C13H13BrN2. The fraction of sp³-hybridized carbons (Fsp3) is 0.385. The van der Waals surface area contributed by atoms with E-state index in [0.717, 1.165) is 21.3 Å². The van der Waals surface area contributed by atoms with Gasteiger partial charge in [0.25, 0.3) is 0 Å². The monoisotopic (exact) mass is 276 g/mol. The quantitative estimate of drug-likeness (QED) is 0.735. The third kappa shape index (κ3) is 1.73. The zero-order valence-electron chi connectivity index (χ0n) is 8.99. The van der Waals surface area contributed by atoms with Crippen LogP contribution in [0.4, 0.5) is 0 Å². The minimum Gasteiger partial charge on any atom is -0.233 e. The first kappa shape index (κ1) is 10.2. The van der Waals surface area contributed by atoms with Gasteiger partial charge < -0.3 is 0 Å². The maximum atomic E-state index is 4.68. The first-order chi connectivity index (χ1) is 7.84. The average Bonchev–Trinajstić information content (AvgIpc) is 2.82. The largest absolute Gasteiger partial charge is 0.233 e. The molecule has 0 atom stereocenters. The van der Waals surface area contributed by atoms with Crippen molar-refractivity contribution in [2.24, 2.45) is 0 Å². The normalized spacial score (nSPS) is 17.1. The Morgan fingerprint density at radius 2 is 1.81 bits per heavy atom. The fourth-order valence-corrected chi connectivity index (χ4v) is 2.94. The predicted molar refractivity (Wildman–Crippen MR) is 68.4 cm³/mol. The van der Waals surface area contributed by atoms with E-state index in [1.54, 1.807) is 0 Å². The van der Waals surface area contributed by atoms with Gasteiger partial charge in [0.15, 0.2) is 0 Å². The van der Waals surface area contributed by atoms with Crippen LogP contribution in [0.2, 0.25) is 0 Å². The SMILES string of the molecule is Brc1nc(C2CCCC2)nc2ccccc12. The molecule has 0 radical (unpaired) electrons. The number of halogens is 1. The van der Waals surface area contributed by atoms with Gasteiger partial charge in [-0.25, -0.2) is 9.97 Å². The van der Waals surface area contributed by atoms with E-state index in [1.165, 1.54) is 25.7 Å². The predicted octanol–water partition coefficient (Wildman–Crippen LogP) is 4.05. The molecule has 3 heteroatoms. The van der Waals surface area contributed by atoms with Crippen molar-refractivity contribution in [3.8, 4) is 0 Å². The number of aromatic nitrogens is 2. The Hall–Kier alpha value is -0.960. The maximum Gasteiger partial charge on any atom is 0.133 e. The Kier molecular flexibility index (Phi) is 2.64. The van der Waals surface area contributed by atoms with Crippen molar-refractivity contribution in [1.29, 1.82) is 0 Å². The summed E-state index contributed by atoms with van der Waals surface area (Å²) in [6.07, 6.45) is 5.12. The standard InChI is InChI=1S/C13H13BrN2/c14-12-10-7-3-4-8-11(10)15-13(16-12)9-5-1-2-6-9/h3-4,7-9H,1-2,5-6H2. The van der Waals surface area contributed by atoms with E-state index in [4.69, 9.17) is 0 Å². The molecule has 0 bridgehead atoms. The van der Waals surface area contributed by atoms with Gasteiger partial charge in [0.2, 0.25) is 0 Å². The molecule has 1 aliphatic rings. The van der Waals surface area contributed by atoms with Crippen molar-refractivity contribution >= 4 is 26.8 Å². The molecule has 0 amide bonds. The number of hydrogen-bond acceptors (Lipinski definition) is 2. The minimum absolute atomic E-state index is 0.570. The highest BCUT2D eigenvalue weighted by molar-refractivity contribution is 9.10. The van der Waals surface area contributed by atoms with Crippen LogP contribution in [-0.4, -0.2) is 9.97 Å². The summed E-state index contributed by atoms with van der Waals surface area (Å²) in [5, 5.41) is 1.10. The molecule has 1 aliphatic carbocycles. The van der Waals surface area contributed by atoms with Crippen molar-refractivity contribution in [3.05, 3.63) is 34.7 Å². The Morgan fingerprint density at radius 1 is 1.06 bits per heavy atom. The zero-order valence-corrected chi connectivity index (χ0v) is 10.6. The molecule has 0 spiro atoms. The molecule has 1 heterocycles. The topological polar surface area (TPSA) is 25.8 Å². The lowest BCUT2D eigenvalue weighted by Crippen LogP contribution is -2.01. The number of rotatable bonds is 1. The fourth-order valence-electron chi connectivity index (χ4n) is 2.42. The lowest BCUT2D eigenvalue weighted by Gasteiger charge is -2.09. The van der Waals surface area contributed by atoms with Gasteiger partial charge in [-0.2, -0.15) is 0 Å². The first-order valence-electron chi connectivity index (χ1n) is 5.77. The molecule has 2 nitrogen and oxygen atoms in total. The summed E-state index contributed by atoms with van der Waals surface area (Å²) in [4.78, 5) is 9.27. The van der Waals surface area contributed by atoms with Gasteiger partial charge in [0.1, 0.15) is 10.4 Å². The molecule has 0 N–H and O–H groups in total. The van der Waals surface area contributed by atoms with Crippen LogP contribution in [0.1, 0.15) is 37.4 Å². The van der Waals surface area contributed by atoms with E-state index in [0.29, 0.717) is 5.92 Å². The number of nitrogens with zero attached hydrogens (tertiary/aromatic N) is 2.